The molecule has 1 aliphatic rings. The quantitative estimate of drug-likeness (QED) is 0.208. The second kappa shape index (κ2) is 15.2. The molecule has 1 heterocycles. The predicted molar refractivity (Wildman–Crippen MR) is 165 cm³/mol. The monoisotopic (exact) mass is 607 g/mol. The molecule has 3 aromatic rings. The van der Waals surface area contributed by atoms with Gasteiger partial charge in [-0.05, 0) is 93.8 Å². The van der Waals surface area contributed by atoms with Crippen molar-refractivity contribution in [2.45, 2.75) is 40.2 Å². The number of methoxy groups -OCH3 is 2. The second-order valence-corrected chi connectivity index (χ2v) is 9.83. The Kier molecular flexibility index (Phi) is 11.2. The van der Waals surface area contributed by atoms with Gasteiger partial charge in [-0.2, -0.15) is 0 Å². The number of esters is 1. The highest BCUT2D eigenvalue weighted by atomic mass is 16.5. The number of carbonyl (C=O) groups is 2. The van der Waals surface area contributed by atoms with Crippen molar-refractivity contribution in [3.05, 3.63) is 70.8 Å². The molecule has 1 atom stereocenters. The summed E-state index contributed by atoms with van der Waals surface area (Å²) in [6, 6.07) is 13.5. The zero-order chi connectivity index (χ0) is 31.6. The van der Waals surface area contributed by atoms with Gasteiger partial charge in [0.1, 0.15) is 12.4 Å². The molecule has 0 bridgehead atoms. The molecule has 0 fully saturated rings. The Morgan fingerprint density at radius 1 is 0.727 bits per heavy atom. The van der Waals surface area contributed by atoms with Crippen LogP contribution < -0.4 is 28.4 Å². The largest absolute Gasteiger partial charge is 0.493 e. The van der Waals surface area contributed by atoms with Gasteiger partial charge in [-0.3, -0.25) is 4.79 Å². The third kappa shape index (κ3) is 7.12. The number of hydrogen-bond donors (Lipinski definition) is 0. The number of fused-ring (bicyclic) bond motifs is 1. The normalized spacial score (nSPS) is 13.9. The van der Waals surface area contributed by atoms with Crippen molar-refractivity contribution in [1.82, 2.24) is 4.90 Å². The van der Waals surface area contributed by atoms with Crippen molar-refractivity contribution < 1.29 is 42.7 Å². The topological polar surface area (TPSA) is 102 Å². The lowest BCUT2D eigenvalue weighted by Crippen LogP contribution is -2.42. The summed E-state index contributed by atoms with van der Waals surface area (Å²) in [5.41, 5.74) is 2.77. The van der Waals surface area contributed by atoms with Crippen molar-refractivity contribution in [3.8, 4) is 34.5 Å². The molecule has 0 aliphatic carbocycles. The van der Waals surface area contributed by atoms with Crippen molar-refractivity contribution in [1.29, 1.82) is 0 Å². The predicted octanol–water partition coefficient (Wildman–Crippen LogP) is 5.90. The van der Waals surface area contributed by atoms with Crippen molar-refractivity contribution in [2.75, 3.05) is 53.8 Å². The van der Waals surface area contributed by atoms with Crippen LogP contribution in [-0.2, 0) is 11.2 Å². The highest BCUT2D eigenvalue weighted by molar-refractivity contribution is 5.96. The molecule has 1 aliphatic heterocycles. The Labute approximate surface area is 258 Å². The summed E-state index contributed by atoms with van der Waals surface area (Å²) in [5.74, 6) is 2.49. The fourth-order valence-electron chi connectivity index (χ4n) is 5.21. The molecule has 1 amide bonds. The zero-order valence-corrected chi connectivity index (χ0v) is 26.3. The molecule has 0 spiro atoms. The van der Waals surface area contributed by atoms with Gasteiger partial charge in [0, 0.05) is 12.1 Å². The summed E-state index contributed by atoms with van der Waals surface area (Å²) in [4.78, 5) is 28.2. The van der Waals surface area contributed by atoms with E-state index in [1.165, 1.54) is 0 Å². The molecule has 44 heavy (non-hydrogen) atoms. The number of rotatable bonds is 14. The second-order valence-electron chi connectivity index (χ2n) is 9.83. The van der Waals surface area contributed by atoms with E-state index in [2.05, 4.69) is 0 Å². The lowest BCUT2D eigenvalue weighted by Gasteiger charge is -2.38. The molecule has 0 unspecified atom stereocenters. The van der Waals surface area contributed by atoms with Crippen molar-refractivity contribution in [2.24, 2.45) is 0 Å². The molecule has 0 aromatic heterocycles. The van der Waals surface area contributed by atoms with E-state index in [0.717, 1.165) is 11.1 Å². The summed E-state index contributed by atoms with van der Waals surface area (Å²) in [6.07, 6.45) is 0.611. The van der Waals surface area contributed by atoms with Crippen LogP contribution in [-0.4, -0.2) is 70.6 Å². The Morgan fingerprint density at radius 3 is 1.91 bits per heavy atom. The number of ether oxygens (including phenoxy) is 7. The molecule has 236 valence electrons. The summed E-state index contributed by atoms with van der Waals surface area (Å²) in [6.45, 7) is 9.50. The number of nitrogens with zero attached hydrogens (tertiary/aromatic N) is 1. The van der Waals surface area contributed by atoms with Gasteiger partial charge in [0.25, 0.3) is 5.91 Å². The molecule has 10 nitrogen and oxygen atoms in total. The average molecular weight is 608 g/mol. The van der Waals surface area contributed by atoms with Gasteiger partial charge in [0.05, 0.1) is 52.3 Å². The van der Waals surface area contributed by atoms with E-state index in [1.54, 1.807) is 62.4 Å². The van der Waals surface area contributed by atoms with E-state index in [-0.39, 0.29) is 12.5 Å². The molecule has 0 saturated heterocycles. The van der Waals surface area contributed by atoms with E-state index in [9.17, 15) is 9.59 Å². The van der Waals surface area contributed by atoms with E-state index in [4.69, 9.17) is 33.2 Å². The van der Waals surface area contributed by atoms with Gasteiger partial charge in [0.2, 0.25) is 5.75 Å². The molecule has 0 N–H and O–H groups in total. The Bertz CT molecular complexity index is 1410. The summed E-state index contributed by atoms with van der Waals surface area (Å²) in [5, 5.41) is 0. The van der Waals surface area contributed by atoms with Gasteiger partial charge in [-0.1, -0.05) is 0 Å². The van der Waals surface area contributed by atoms with E-state index in [1.807, 2.05) is 32.9 Å². The Morgan fingerprint density at radius 2 is 1.34 bits per heavy atom. The van der Waals surface area contributed by atoms with Crippen LogP contribution >= 0.6 is 0 Å². The van der Waals surface area contributed by atoms with Crippen LogP contribution in [0.4, 0.5) is 0 Å². The molecular formula is C34H41NO9. The minimum absolute atomic E-state index is 0.153. The molecule has 0 saturated carbocycles. The zero-order valence-electron chi connectivity index (χ0n) is 26.3. The van der Waals surface area contributed by atoms with Crippen LogP contribution in [0.5, 0.6) is 34.5 Å². The first kappa shape index (κ1) is 32.3. The van der Waals surface area contributed by atoms with Crippen LogP contribution in [0.25, 0.3) is 0 Å². The van der Waals surface area contributed by atoms with Crippen LogP contribution in [0.15, 0.2) is 48.5 Å². The first-order valence-corrected chi connectivity index (χ1v) is 14.9. The first-order valence-electron chi connectivity index (χ1n) is 14.9. The lowest BCUT2D eigenvalue weighted by atomic mass is 9.91. The maximum Gasteiger partial charge on any atom is 0.338 e. The minimum atomic E-state index is -0.464. The summed E-state index contributed by atoms with van der Waals surface area (Å²) < 4.78 is 40.1. The van der Waals surface area contributed by atoms with Gasteiger partial charge in [-0.15, -0.1) is 0 Å². The fraction of sp³-hybridized carbons (Fsp3) is 0.412. The van der Waals surface area contributed by atoms with E-state index >= 15 is 0 Å². The van der Waals surface area contributed by atoms with E-state index in [0.29, 0.717) is 85.0 Å². The van der Waals surface area contributed by atoms with Crippen molar-refractivity contribution >= 4 is 11.9 Å². The van der Waals surface area contributed by atoms with Gasteiger partial charge >= 0.3 is 5.97 Å². The number of hydrogen-bond acceptors (Lipinski definition) is 9. The van der Waals surface area contributed by atoms with Gasteiger partial charge < -0.3 is 38.1 Å². The molecule has 3 aromatic carbocycles. The third-order valence-electron chi connectivity index (χ3n) is 7.19. The Balaban J connectivity index is 1.72. The SMILES string of the molecule is CCOC(=O)c1ccc(OC[C@@H]2c3cc(OC)c(OC)cc3CCN2C(=O)c2cc(OCC)c(OCC)c(OCC)c2)cc1. The Hall–Kier alpha value is -4.60. The molecule has 10 heteroatoms. The van der Waals surface area contributed by atoms with Crippen LogP contribution in [0, 0.1) is 0 Å². The smallest absolute Gasteiger partial charge is 0.338 e. The number of carbonyl (C=O) groups excluding carboxylic acids is 2. The van der Waals surface area contributed by atoms with Gasteiger partial charge in [0.15, 0.2) is 23.0 Å². The summed E-state index contributed by atoms with van der Waals surface area (Å²) >= 11 is 0. The average Bonchev–Trinajstić information content (AvgIpc) is 3.04. The van der Waals surface area contributed by atoms with E-state index < -0.39 is 12.0 Å². The molecule has 4 rings (SSSR count). The third-order valence-corrected chi connectivity index (χ3v) is 7.19. The first-order chi connectivity index (χ1) is 21.4. The molecule has 0 radical (unpaired) electrons. The highest BCUT2D eigenvalue weighted by Gasteiger charge is 2.34. The highest BCUT2D eigenvalue weighted by Crippen LogP contribution is 2.42. The van der Waals surface area contributed by atoms with Crippen LogP contribution in [0.1, 0.15) is 65.6 Å². The fourth-order valence-corrected chi connectivity index (χ4v) is 5.21. The minimum Gasteiger partial charge on any atom is -0.493 e. The number of amides is 1. The maximum absolute atomic E-state index is 14.3. The van der Waals surface area contributed by atoms with Gasteiger partial charge in [-0.25, -0.2) is 4.79 Å². The van der Waals surface area contributed by atoms with Crippen LogP contribution in [0.3, 0.4) is 0 Å². The standard InChI is InChI=1S/C34H41NO9/c1-7-40-30-18-24(19-31(41-8-2)32(30)42-9-3)33(36)35-16-15-23-17-28(38-5)29(39-6)20-26(23)27(35)21-44-25-13-11-22(12-14-25)34(37)43-10-4/h11-14,17-20,27H,7-10,15-16,21H2,1-6H3/t27-/m1/s1. The summed E-state index contributed by atoms with van der Waals surface area (Å²) in [7, 11) is 3.18. The molecular weight excluding hydrogens is 566 g/mol. The van der Waals surface area contributed by atoms with Crippen LogP contribution in [0.2, 0.25) is 0 Å². The number of benzene rings is 3. The lowest BCUT2D eigenvalue weighted by molar-refractivity contribution is 0.0524. The van der Waals surface area contributed by atoms with Crippen molar-refractivity contribution in [3.63, 3.8) is 0 Å². The maximum atomic E-state index is 14.3.